The summed E-state index contributed by atoms with van der Waals surface area (Å²) in [6, 6.07) is 0. The largest absolute Gasteiger partial charge is 0.178 e. The zero-order chi connectivity index (χ0) is 10.8. The van der Waals surface area contributed by atoms with Gasteiger partial charge in [0.25, 0.3) is 0 Å². The van der Waals surface area contributed by atoms with Crippen molar-refractivity contribution >= 4 is 48.8 Å². The van der Waals surface area contributed by atoms with Gasteiger partial charge in [-0.25, -0.2) is 0 Å². The molecule has 1 aliphatic rings. The van der Waals surface area contributed by atoms with E-state index in [-0.39, 0.29) is 0 Å². The minimum Gasteiger partial charge on any atom is -0.178 e. The van der Waals surface area contributed by atoms with Crippen molar-refractivity contribution in [3.8, 4) is 0 Å². The van der Waals surface area contributed by atoms with Crippen LogP contribution in [0.2, 0.25) is 0 Å². The fourth-order valence-electron chi connectivity index (χ4n) is 1.81. The Morgan fingerprint density at radius 2 is 2.14 bits per heavy atom. The summed E-state index contributed by atoms with van der Waals surface area (Å²) >= 11 is 13.1. The predicted molar refractivity (Wildman–Crippen MR) is 78.3 cm³/mol. The van der Waals surface area contributed by atoms with Crippen LogP contribution in [-0.2, 0) is 0 Å². The first-order valence-corrected chi connectivity index (χ1v) is 8.15. The number of thiol groups is 2. The quantitative estimate of drug-likeness (QED) is 0.744. The Morgan fingerprint density at radius 1 is 1.50 bits per heavy atom. The van der Waals surface area contributed by atoms with Crippen molar-refractivity contribution < 1.29 is 0 Å². The van der Waals surface area contributed by atoms with E-state index in [2.05, 4.69) is 69.6 Å². The fourth-order valence-corrected chi connectivity index (χ4v) is 6.37. The highest BCUT2D eigenvalue weighted by Crippen LogP contribution is 2.49. The molecule has 84 valence electrons. The number of hydrogen-bond donors (Lipinski definition) is 2. The zero-order valence-electron chi connectivity index (χ0n) is 9.06. The maximum absolute atomic E-state index is 4.50. The van der Waals surface area contributed by atoms with E-state index in [0.29, 0.717) is 10.7 Å². The molecule has 0 aromatic heterocycles. The van der Waals surface area contributed by atoms with Gasteiger partial charge in [-0.2, -0.15) is 25.3 Å². The van der Waals surface area contributed by atoms with E-state index in [9.17, 15) is 0 Å². The molecule has 1 fully saturated rings. The Hall–Kier alpha value is 1.40. The summed E-state index contributed by atoms with van der Waals surface area (Å²) in [5.74, 6) is 2.28. The van der Waals surface area contributed by atoms with E-state index >= 15 is 0 Å². The first-order valence-electron chi connectivity index (χ1n) is 5.01. The van der Waals surface area contributed by atoms with Crippen LogP contribution in [0.3, 0.4) is 0 Å². The van der Waals surface area contributed by atoms with Gasteiger partial charge >= 0.3 is 0 Å². The van der Waals surface area contributed by atoms with Crippen molar-refractivity contribution in [2.45, 2.75) is 42.3 Å². The van der Waals surface area contributed by atoms with Gasteiger partial charge < -0.3 is 0 Å². The third-order valence-electron chi connectivity index (χ3n) is 2.41. The highest BCUT2D eigenvalue weighted by molar-refractivity contribution is 8.20. The van der Waals surface area contributed by atoms with Crippen molar-refractivity contribution in [2.24, 2.45) is 5.41 Å². The molecule has 0 N–H and O–H groups in total. The summed E-state index contributed by atoms with van der Waals surface area (Å²) in [5, 5.41) is 1.25. The topological polar surface area (TPSA) is 0 Å². The van der Waals surface area contributed by atoms with Crippen molar-refractivity contribution in [1.29, 1.82) is 0 Å². The van der Waals surface area contributed by atoms with E-state index in [0.717, 1.165) is 15.6 Å². The molecule has 4 heteroatoms. The molecule has 0 nitrogen and oxygen atoms in total. The summed E-state index contributed by atoms with van der Waals surface area (Å²) in [6.07, 6.45) is 1.19. The molecular formula is C10H20S4. The Labute approximate surface area is 108 Å². The molecule has 1 rings (SSSR count). The van der Waals surface area contributed by atoms with Gasteiger partial charge in [0, 0.05) is 16.8 Å². The second-order valence-electron chi connectivity index (χ2n) is 4.65. The molecule has 0 saturated carbocycles. The Bertz CT molecular complexity index is 179. The van der Waals surface area contributed by atoms with E-state index in [4.69, 9.17) is 0 Å². The van der Waals surface area contributed by atoms with Crippen LogP contribution in [0.15, 0.2) is 0 Å². The van der Waals surface area contributed by atoms with E-state index in [1.807, 2.05) is 0 Å². The minimum atomic E-state index is 0.397. The maximum Gasteiger partial charge on any atom is 0.0557 e. The van der Waals surface area contributed by atoms with Crippen LogP contribution in [0.1, 0.15) is 27.2 Å². The van der Waals surface area contributed by atoms with Gasteiger partial charge in [-0.1, -0.05) is 20.8 Å². The second kappa shape index (κ2) is 5.65. The minimum absolute atomic E-state index is 0.397. The third-order valence-corrected chi connectivity index (χ3v) is 7.37. The first-order chi connectivity index (χ1) is 6.45. The summed E-state index contributed by atoms with van der Waals surface area (Å²) < 4.78 is 0.731. The molecule has 1 heterocycles. The molecule has 3 atom stereocenters. The van der Waals surface area contributed by atoms with Gasteiger partial charge in [0.1, 0.15) is 0 Å². The molecule has 0 aliphatic carbocycles. The van der Waals surface area contributed by atoms with Crippen LogP contribution in [0, 0.1) is 5.41 Å². The summed E-state index contributed by atoms with van der Waals surface area (Å²) in [5.41, 5.74) is 0.397. The Balaban J connectivity index is 2.48. The van der Waals surface area contributed by atoms with E-state index in [1.54, 1.807) is 0 Å². The molecule has 0 aromatic carbocycles. The standard InChI is InChI=1S/C10H20S4/c1-7(12)4-10(2,3)9-13-6-8(5-11)14-9/h7-9,11-12H,4-6H2,1-3H3. The molecule has 1 saturated heterocycles. The molecule has 0 aromatic rings. The van der Waals surface area contributed by atoms with Crippen molar-refractivity contribution in [1.82, 2.24) is 0 Å². The van der Waals surface area contributed by atoms with Crippen LogP contribution in [0.4, 0.5) is 0 Å². The monoisotopic (exact) mass is 268 g/mol. The lowest BCUT2D eigenvalue weighted by Crippen LogP contribution is -2.25. The summed E-state index contributed by atoms with van der Waals surface area (Å²) in [7, 11) is 0. The van der Waals surface area contributed by atoms with Gasteiger partial charge in [0.05, 0.1) is 4.58 Å². The molecule has 0 amide bonds. The average molecular weight is 269 g/mol. The SMILES string of the molecule is CC(S)CC(C)(C)C1SCC(CS)S1. The van der Waals surface area contributed by atoms with Gasteiger partial charge in [-0.05, 0) is 17.1 Å². The molecule has 0 bridgehead atoms. The van der Waals surface area contributed by atoms with Crippen LogP contribution in [-0.4, -0.2) is 26.6 Å². The van der Waals surface area contributed by atoms with Crippen LogP contribution in [0.25, 0.3) is 0 Å². The van der Waals surface area contributed by atoms with Gasteiger partial charge in [0.2, 0.25) is 0 Å². The second-order valence-corrected chi connectivity index (χ2v) is 8.74. The number of rotatable bonds is 4. The average Bonchev–Trinajstić information content (AvgIpc) is 2.49. The molecule has 1 aliphatic heterocycles. The zero-order valence-corrected chi connectivity index (χ0v) is 12.5. The van der Waals surface area contributed by atoms with E-state index < -0.39 is 0 Å². The maximum atomic E-state index is 4.50. The van der Waals surface area contributed by atoms with E-state index in [1.165, 1.54) is 12.2 Å². The smallest absolute Gasteiger partial charge is 0.0557 e. The summed E-state index contributed by atoms with van der Waals surface area (Å²) in [4.78, 5) is 0. The Kier molecular flexibility index (Phi) is 5.43. The summed E-state index contributed by atoms with van der Waals surface area (Å²) in [6.45, 7) is 6.92. The van der Waals surface area contributed by atoms with Crippen LogP contribution < -0.4 is 0 Å². The predicted octanol–water partition coefficient (Wildman–Crippen LogP) is 3.83. The lowest BCUT2D eigenvalue weighted by molar-refractivity contribution is 0.373. The third kappa shape index (κ3) is 3.76. The lowest BCUT2D eigenvalue weighted by Gasteiger charge is -2.31. The molecule has 0 radical (unpaired) electrons. The Morgan fingerprint density at radius 3 is 2.57 bits per heavy atom. The van der Waals surface area contributed by atoms with Gasteiger partial charge in [0.15, 0.2) is 0 Å². The molecule has 0 spiro atoms. The molecule has 14 heavy (non-hydrogen) atoms. The number of thioether (sulfide) groups is 2. The van der Waals surface area contributed by atoms with Gasteiger partial charge in [-0.15, -0.1) is 23.5 Å². The highest BCUT2D eigenvalue weighted by Gasteiger charge is 2.37. The normalized spacial score (nSPS) is 30.6. The highest BCUT2D eigenvalue weighted by atomic mass is 32.2. The van der Waals surface area contributed by atoms with Crippen molar-refractivity contribution in [3.63, 3.8) is 0 Å². The fraction of sp³-hybridized carbons (Fsp3) is 1.00. The number of hydrogen-bond acceptors (Lipinski definition) is 4. The lowest BCUT2D eigenvalue weighted by atomic mass is 9.90. The van der Waals surface area contributed by atoms with Crippen molar-refractivity contribution in [2.75, 3.05) is 11.5 Å². The molecule has 3 unspecified atom stereocenters. The van der Waals surface area contributed by atoms with Crippen molar-refractivity contribution in [3.05, 3.63) is 0 Å². The first kappa shape index (κ1) is 13.5. The van der Waals surface area contributed by atoms with Crippen LogP contribution in [0.5, 0.6) is 0 Å². The molecular weight excluding hydrogens is 248 g/mol. The van der Waals surface area contributed by atoms with Gasteiger partial charge in [-0.3, -0.25) is 0 Å². The van der Waals surface area contributed by atoms with Crippen LogP contribution >= 0.6 is 48.8 Å².